The fraction of sp³-hybridized carbons (Fsp3) is 0.533. The van der Waals surface area contributed by atoms with Crippen LogP contribution in [0, 0.1) is 0 Å². The number of nitrogens with one attached hydrogen (secondary N) is 1. The van der Waals surface area contributed by atoms with Crippen LogP contribution in [-0.2, 0) is 4.79 Å². The van der Waals surface area contributed by atoms with Crippen LogP contribution >= 0.6 is 0 Å². The molecule has 2 unspecified atom stereocenters. The van der Waals surface area contributed by atoms with Gasteiger partial charge in [0.1, 0.15) is 6.04 Å². The average Bonchev–Trinajstić information content (AvgIpc) is 2.77. The molecule has 0 amide bonds. The standard InChI is InChI=1S/C15H19NO2/c17-15(18)14-9-8-13(16-14)12-7-2-1-6-11(12)10-4-3-5-10/h1-2,6-7,10,13-14,16H,3-5,8-9H2,(H,17,18). The Hall–Kier alpha value is -1.35. The molecular formula is C15H19NO2. The molecule has 3 heteroatoms. The second-order valence-electron chi connectivity index (χ2n) is 5.44. The van der Waals surface area contributed by atoms with E-state index in [1.54, 1.807) is 0 Å². The van der Waals surface area contributed by atoms with Crippen molar-refractivity contribution in [2.75, 3.05) is 0 Å². The van der Waals surface area contributed by atoms with Gasteiger partial charge in [-0.2, -0.15) is 0 Å². The lowest BCUT2D eigenvalue weighted by atomic mass is 9.77. The maximum atomic E-state index is 11.0. The molecule has 0 aromatic heterocycles. The number of hydrogen-bond donors (Lipinski definition) is 2. The quantitative estimate of drug-likeness (QED) is 0.861. The molecule has 2 N–H and O–H groups in total. The summed E-state index contributed by atoms with van der Waals surface area (Å²) in [5.41, 5.74) is 2.76. The maximum absolute atomic E-state index is 11.0. The minimum atomic E-state index is -0.723. The minimum absolute atomic E-state index is 0.225. The topological polar surface area (TPSA) is 49.3 Å². The molecule has 0 bridgehead atoms. The first-order valence-corrected chi connectivity index (χ1v) is 6.83. The van der Waals surface area contributed by atoms with E-state index >= 15 is 0 Å². The van der Waals surface area contributed by atoms with Crippen LogP contribution in [0.5, 0.6) is 0 Å². The third kappa shape index (κ3) is 2.03. The Balaban J connectivity index is 1.82. The second kappa shape index (κ2) is 4.73. The largest absolute Gasteiger partial charge is 0.480 e. The van der Waals surface area contributed by atoms with Crippen molar-refractivity contribution in [3.63, 3.8) is 0 Å². The highest BCUT2D eigenvalue weighted by molar-refractivity contribution is 5.74. The summed E-state index contributed by atoms with van der Waals surface area (Å²) < 4.78 is 0. The summed E-state index contributed by atoms with van der Waals surface area (Å²) in [6.07, 6.45) is 5.56. The van der Waals surface area contributed by atoms with E-state index in [1.165, 1.54) is 30.4 Å². The average molecular weight is 245 g/mol. The van der Waals surface area contributed by atoms with E-state index in [0.717, 1.165) is 12.8 Å². The van der Waals surface area contributed by atoms with Gasteiger partial charge >= 0.3 is 5.97 Å². The van der Waals surface area contributed by atoms with Crippen molar-refractivity contribution >= 4 is 5.97 Å². The van der Waals surface area contributed by atoms with Crippen LogP contribution in [0.1, 0.15) is 55.2 Å². The lowest BCUT2D eigenvalue weighted by Crippen LogP contribution is -2.32. The molecular weight excluding hydrogens is 226 g/mol. The van der Waals surface area contributed by atoms with Gasteiger partial charge in [-0.1, -0.05) is 30.7 Å². The van der Waals surface area contributed by atoms with Crippen molar-refractivity contribution in [1.29, 1.82) is 0 Å². The first-order chi connectivity index (χ1) is 8.75. The van der Waals surface area contributed by atoms with E-state index in [1.807, 2.05) is 0 Å². The van der Waals surface area contributed by atoms with Crippen LogP contribution in [0.15, 0.2) is 24.3 Å². The lowest BCUT2D eigenvalue weighted by Gasteiger charge is -2.29. The Morgan fingerprint density at radius 2 is 1.83 bits per heavy atom. The zero-order chi connectivity index (χ0) is 12.5. The Bertz CT molecular complexity index is 454. The first-order valence-electron chi connectivity index (χ1n) is 6.83. The van der Waals surface area contributed by atoms with Gasteiger partial charge in [0.05, 0.1) is 0 Å². The Kier molecular flexibility index (Phi) is 3.08. The van der Waals surface area contributed by atoms with Crippen LogP contribution in [-0.4, -0.2) is 17.1 Å². The molecule has 1 saturated heterocycles. The second-order valence-corrected chi connectivity index (χ2v) is 5.44. The fourth-order valence-corrected chi connectivity index (χ4v) is 3.10. The van der Waals surface area contributed by atoms with E-state index in [4.69, 9.17) is 5.11 Å². The molecule has 2 aliphatic rings. The minimum Gasteiger partial charge on any atom is -0.480 e. The van der Waals surface area contributed by atoms with E-state index in [9.17, 15) is 4.79 Å². The first kappa shape index (κ1) is 11.7. The highest BCUT2D eigenvalue weighted by Gasteiger charge is 2.32. The van der Waals surface area contributed by atoms with Crippen molar-refractivity contribution in [2.24, 2.45) is 0 Å². The monoisotopic (exact) mass is 245 g/mol. The molecule has 2 fully saturated rings. The number of carbonyl (C=O) groups is 1. The molecule has 1 heterocycles. The summed E-state index contributed by atoms with van der Waals surface area (Å²) >= 11 is 0. The number of carboxylic acid groups (broad SMARTS) is 1. The molecule has 18 heavy (non-hydrogen) atoms. The van der Waals surface area contributed by atoms with Gasteiger partial charge < -0.3 is 5.11 Å². The normalized spacial score (nSPS) is 28.0. The van der Waals surface area contributed by atoms with Crippen LogP contribution < -0.4 is 5.32 Å². The molecule has 3 rings (SSSR count). The van der Waals surface area contributed by atoms with Gasteiger partial charge in [0.15, 0.2) is 0 Å². The number of rotatable bonds is 3. The van der Waals surface area contributed by atoms with E-state index in [-0.39, 0.29) is 12.1 Å². The zero-order valence-electron chi connectivity index (χ0n) is 10.4. The summed E-state index contributed by atoms with van der Waals surface area (Å²) in [7, 11) is 0. The summed E-state index contributed by atoms with van der Waals surface area (Å²) in [6.45, 7) is 0. The molecule has 2 atom stereocenters. The van der Waals surface area contributed by atoms with Crippen LogP contribution in [0.2, 0.25) is 0 Å². The Labute approximate surface area is 107 Å². The molecule has 1 aromatic carbocycles. The molecule has 0 spiro atoms. The molecule has 96 valence electrons. The van der Waals surface area contributed by atoms with Crippen molar-refractivity contribution in [1.82, 2.24) is 5.32 Å². The van der Waals surface area contributed by atoms with Crippen molar-refractivity contribution < 1.29 is 9.90 Å². The van der Waals surface area contributed by atoms with E-state index in [0.29, 0.717) is 5.92 Å². The summed E-state index contributed by atoms with van der Waals surface area (Å²) in [5.74, 6) is -0.0227. The summed E-state index contributed by atoms with van der Waals surface area (Å²) in [6, 6.07) is 8.39. The number of benzene rings is 1. The predicted octanol–water partition coefficient (Wildman–Crippen LogP) is 2.83. The highest BCUT2D eigenvalue weighted by Crippen LogP contribution is 2.41. The van der Waals surface area contributed by atoms with Gasteiger partial charge in [-0.25, -0.2) is 0 Å². The van der Waals surface area contributed by atoms with Crippen LogP contribution in [0.3, 0.4) is 0 Å². The van der Waals surface area contributed by atoms with E-state index < -0.39 is 5.97 Å². The Morgan fingerprint density at radius 3 is 2.39 bits per heavy atom. The highest BCUT2D eigenvalue weighted by atomic mass is 16.4. The zero-order valence-corrected chi connectivity index (χ0v) is 10.4. The van der Waals surface area contributed by atoms with Crippen molar-refractivity contribution in [2.45, 2.75) is 50.1 Å². The lowest BCUT2D eigenvalue weighted by molar-refractivity contribution is -0.139. The molecule has 3 nitrogen and oxygen atoms in total. The van der Waals surface area contributed by atoms with Crippen LogP contribution in [0.25, 0.3) is 0 Å². The Morgan fingerprint density at radius 1 is 1.11 bits per heavy atom. The number of aliphatic carboxylic acids is 1. The third-order valence-corrected chi connectivity index (χ3v) is 4.36. The summed E-state index contributed by atoms with van der Waals surface area (Å²) in [4.78, 5) is 11.0. The number of carboxylic acids is 1. The van der Waals surface area contributed by atoms with Crippen LogP contribution in [0.4, 0.5) is 0 Å². The van der Waals surface area contributed by atoms with Crippen molar-refractivity contribution in [3.8, 4) is 0 Å². The van der Waals surface area contributed by atoms with Gasteiger partial charge in [-0.05, 0) is 42.7 Å². The molecule has 1 aliphatic carbocycles. The number of hydrogen-bond acceptors (Lipinski definition) is 2. The molecule has 1 aromatic rings. The van der Waals surface area contributed by atoms with Gasteiger partial charge in [-0.15, -0.1) is 0 Å². The van der Waals surface area contributed by atoms with Gasteiger partial charge in [0.25, 0.3) is 0 Å². The van der Waals surface area contributed by atoms with E-state index in [2.05, 4.69) is 29.6 Å². The van der Waals surface area contributed by atoms with Gasteiger partial charge in [0.2, 0.25) is 0 Å². The van der Waals surface area contributed by atoms with Gasteiger partial charge in [0, 0.05) is 6.04 Å². The predicted molar refractivity (Wildman–Crippen MR) is 69.6 cm³/mol. The molecule has 1 saturated carbocycles. The summed E-state index contributed by atoms with van der Waals surface area (Å²) in [5, 5.41) is 12.3. The third-order valence-electron chi connectivity index (χ3n) is 4.36. The molecule has 1 aliphatic heterocycles. The molecule has 0 radical (unpaired) electrons. The fourth-order valence-electron chi connectivity index (χ4n) is 3.10. The smallest absolute Gasteiger partial charge is 0.320 e. The SMILES string of the molecule is O=C(O)C1CCC(c2ccccc2C2CCC2)N1. The van der Waals surface area contributed by atoms with Crippen molar-refractivity contribution in [3.05, 3.63) is 35.4 Å². The van der Waals surface area contributed by atoms with Gasteiger partial charge in [-0.3, -0.25) is 10.1 Å². The maximum Gasteiger partial charge on any atom is 0.320 e.